The molecule has 1 aromatic carbocycles. The van der Waals surface area contributed by atoms with Crippen LogP contribution in [0.1, 0.15) is 32.3 Å². The number of amides is 1. The smallest absolute Gasteiger partial charge is 0.344 e. The Bertz CT molecular complexity index is 919. The topological polar surface area (TPSA) is 72.7 Å². The van der Waals surface area contributed by atoms with Crippen LogP contribution in [0.15, 0.2) is 35.8 Å². The van der Waals surface area contributed by atoms with E-state index in [0.29, 0.717) is 5.56 Å². The van der Waals surface area contributed by atoms with E-state index in [-0.39, 0.29) is 18.8 Å². The highest BCUT2D eigenvalue weighted by Gasteiger charge is 2.30. The van der Waals surface area contributed by atoms with Crippen LogP contribution in [0.4, 0.5) is 13.2 Å². The van der Waals surface area contributed by atoms with E-state index in [4.69, 9.17) is 0 Å². The summed E-state index contributed by atoms with van der Waals surface area (Å²) in [5.41, 5.74) is 0.651. The standard InChI is InChI=1S/C16H14F3N5OS/c1-10-9-26-14(21-10)6-20-15(25)13-8-24(23-22-13)7-11-3-2-4-12(5-11)16(17,18)19/h2-5,8-9H,6-7H2,1H3,(H,20,25). The third-order valence-corrected chi connectivity index (χ3v) is 4.40. The van der Waals surface area contributed by atoms with Gasteiger partial charge in [-0.1, -0.05) is 17.3 Å². The van der Waals surface area contributed by atoms with Gasteiger partial charge in [-0.3, -0.25) is 4.79 Å². The number of aromatic nitrogens is 4. The van der Waals surface area contributed by atoms with Crippen molar-refractivity contribution in [1.82, 2.24) is 25.3 Å². The van der Waals surface area contributed by atoms with E-state index in [9.17, 15) is 18.0 Å². The first-order valence-electron chi connectivity index (χ1n) is 7.57. The van der Waals surface area contributed by atoms with Crippen molar-refractivity contribution in [2.24, 2.45) is 0 Å². The van der Waals surface area contributed by atoms with Gasteiger partial charge in [0.15, 0.2) is 5.69 Å². The van der Waals surface area contributed by atoms with Crippen LogP contribution in [0.25, 0.3) is 0 Å². The molecule has 3 aromatic rings. The zero-order valence-electron chi connectivity index (χ0n) is 13.6. The first-order valence-corrected chi connectivity index (χ1v) is 8.45. The van der Waals surface area contributed by atoms with Gasteiger partial charge in [-0.05, 0) is 24.6 Å². The SMILES string of the molecule is Cc1csc(CNC(=O)c2cn(Cc3cccc(C(F)(F)F)c3)nn2)n1. The van der Waals surface area contributed by atoms with Crippen LogP contribution in [0, 0.1) is 6.92 Å². The Balaban J connectivity index is 1.63. The number of carbonyl (C=O) groups is 1. The molecule has 1 amide bonds. The maximum atomic E-state index is 12.8. The molecule has 0 atom stereocenters. The zero-order chi connectivity index (χ0) is 18.7. The maximum Gasteiger partial charge on any atom is 0.416 e. The lowest BCUT2D eigenvalue weighted by atomic mass is 10.1. The Morgan fingerprint density at radius 1 is 1.35 bits per heavy atom. The van der Waals surface area contributed by atoms with Crippen molar-refractivity contribution in [2.45, 2.75) is 26.2 Å². The average molecular weight is 381 g/mol. The average Bonchev–Trinajstić information content (AvgIpc) is 3.21. The summed E-state index contributed by atoms with van der Waals surface area (Å²) in [5.74, 6) is -0.423. The number of benzene rings is 1. The monoisotopic (exact) mass is 381 g/mol. The summed E-state index contributed by atoms with van der Waals surface area (Å²) >= 11 is 1.44. The van der Waals surface area contributed by atoms with E-state index in [1.165, 1.54) is 28.3 Å². The highest BCUT2D eigenvalue weighted by atomic mass is 32.1. The van der Waals surface area contributed by atoms with Crippen molar-refractivity contribution in [3.05, 3.63) is 63.4 Å². The van der Waals surface area contributed by atoms with E-state index >= 15 is 0 Å². The number of nitrogens with zero attached hydrogens (tertiary/aromatic N) is 4. The van der Waals surface area contributed by atoms with Crippen LogP contribution in [0.3, 0.4) is 0 Å². The van der Waals surface area contributed by atoms with Gasteiger partial charge < -0.3 is 5.32 Å². The highest BCUT2D eigenvalue weighted by molar-refractivity contribution is 7.09. The van der Waals surface area contributed by atoms with Crippen LogP contribution in [0.2, 0.25) is 0 Å². The normalized spacial score (nSPS) is 11.5. The lowest BCUT2D eigenvalue weighted by molar-refractivity contribution is -0.137. The number of hydrogen-bond acceptors (Lipinski definition) is 5. The van der Waals surface area contributed by atoms with Crippen molar-refractivity contribution < 1.29 is 18.0 Å². The first kappa shape index (κ1) is 18.1. The number of aryl methyl sites for hydroxylation is 1. The molecule has 0 radical (unpaired) electrons. The Kier molecular flexibility index (Phi) is 5.03. The van der Waals surface area contributed by atoms with Gasteiger partial charge in [-0.25, -0.2) is 9.67 Å². The minimum atomic E-state index is -4.41. The summed E-state index contributed by atoms with van der Waals surface area (Å²) in [6.45, 7) is 2.22. The molecule has 136 valence electrons. The van der Waals surface area contributed by atoms with Crippen molar-refractivity contribution in [1.29, 1.82) is 0 Å². The van der Waals surface area contributed by atoms with Crippen molar-refractivity contribution in [3.63, 3.8) is 0 Å². The van der Waals surface area contributed by atoms with E-state index < -0.39 is 17.6 Å². The molecule has 0 bridgehead atoms. The summed E-state index contributed by atoms with van der Waals surface area (Å²) in [4.78, 5) is 16.3. The summed E-state index contributed by atoms with van der Waals surface area (Å²) in [6, 6.07) is 4.94. The van der Waals surface area contributed by atoms with Crippen LogP contribution in [-0.4, -0.2) is 25.9 Å². The minimum Gasteiger partial charge on any atom is -0.344 e. The van der Waals surface area contributed by atoms with Crippen LogP contribution in [0.5, 0.6) is 0 Å². The Morgan fingerprint density at radius 2 is 2.15 bits per heavy atom. The molecule has 1 N–H and O–H groups in total. The Hall–Kier alpha value is -2.75. The van der Waals surface area contributed by atoms with Gasteiger partial charge in [0.05, 0.1) is 24.8 Å². The molecule has 2 aromatic heterocycles. The Labute approximate surface area is 150 Å². The molecule has 0 aliphatic carbocycles. The molecule has 0 spiro atoms. The number of alkyl halides is 3. The van der Waals surface area contributed by atoms with Gasteiger partial charge in [0.1, 0.15) is 5.01 Å². The molecule has 2 heterocycles. The fourth-order valence-electron chi connectivity index (χ4n) is 2.24. The third-order valence-electron chi connectivity index (χ3n) is 3.44. The molecule has 0 fully saturated rings. The van der Waals surface area contributed by atoms with Crippen LogP contribution in [-0.2, 0) is 19.3 Å². The van der Waals surface area contributed by atoms with Crippen LogP contribution < -0.4 is 5.32 Å². The molecule has 0 aliphatic heterocycles. The largest absolute Gasteiger partial charge is 0.416 e. The van der Waals surface area contributed by atoms with E-state index in [1.807, 2.05) is 12.3 Å². The minimum absolute atomic E-state index is 0.0792. The van der Waals surface area contributed by atoms with Gasteiger partial charge in [0.25, 0.3) is 5.91 Å². The first-order chi connectivity index (χ1) is 12.3. The summed E-state index contributed by atoms with van der Waals surface area (Å²) in [5, 5.41) is 12.9. The zero-order valence-corrected chi connectivity index (χ0v) is 14.4. The van der Waals surface area contributed by atoms with Gasteiger partial charge in [0.2, 0.25) is 0 Å². The molecule has 6 nitrogen and oxygen atoms in total. The number of hydrogen-bond donors (Lipinski definition) is 1. The summed E-state index contributed by atoms with van der Waals surface area (Å²) in [7, 11) is 0. The van der Waals surface area contributed by atoms with Gasteiger partial charge >= 0.3 is 6.18 Å². The molecule has 3 rings (SSSR count). The molecule has 0 unspecified atom stereocenters. The predicted octanol–water partition coefficient (Wildman–Crippen LogP) is 3.04. The van der Waals surface area contributed by atoms with Gasteiger partial charge in [-0.15, -0.1) is 16.4 Å². The second-order valence-electron chi connectivity index (χ2n) is 5.56. The fourth-order valence-corrected chi connectivity index (χ4v) is 2.95. The molecule has 26 heavy (non-hydrogen) atoms. The lowest BCUT2D eigenvalue weighted by Gasteiger charge is -2.08. The predicted molar refractivity (Wildman–Crippen MR) is 88.6 cm³/mol. The van der Waals surface area contributed by atoms with E-state index in [2.05, 4.69) is 20.6 Å². The molecule has 10 heteroatoms. The highest BCUT2D eigenvalue weighted by Crippen LogP contribution is 2.29. The summed E-state index contributed by atoms with van der Waals surface area (Å²) < 4.78 is 39.6. The molecular formula is C16H14F3N5OS. The maximum absolute atomic E-state index is 12.8. The van der Waals surface area contributed by atoms with Crippen LogP contribution >= 0.6 is 11.3 Å². The second kappa shape index (κ2) is 7.24. The fraction of sp³-hybridized carbons (Fsp3) is 0.250. The van der Waals surface area contributed by atoms with Gasteiger partial charge in [-0.2, -0.15) is 13.2 Å². The number of carbonyl (C=O) groups excluding carboxylic acids is 1. The number of halogens is 3. The van der Waals surface area contributed by atoms with E-state index in [0.717, 1.165) is 22.8 Å². The molecule has 0 saturated carbocycles. The lowest BCUT2D eigenvalue weighted by Crippen LogP contribution is -2.23. The second-order valence-corrected chi connectivity index (χ2v) is 6.51. The molecular weight excluding hydrogens is 367 g/mol. The molecule has 0 saturated heterocycles. The number of rotatable bonds is 5. The van der Waals surface area contributed by atoms with Crippen molar-refractivity contribution in [2.75, 3.05) is 0 Å². The van der Waals surface area contributed by atoms with E-state index in [1.54, 1.807) is 6.07 Å². The number of thiazole rings is 1. The molecule has 0 aliphatic rings. The van der Waals surface area contributed by atoms with Gasteiger partial charge in [0, 0.05) is 11.1 Å². The number of nitrogens with one attached hydrogen (secondary N) is 1. The Morgan fingerprint density at radius 3 is 2.85 bits per heavy atom. The van der Waals surface area contributed by atoms with Crippen molar-refractivity contribution in [3.8, 4) is 0 Å². The third kappa shape index (κ3) is 4.45. The summed E-state index contributed by atoms with van der Waals surface area (Å²) in [6.07, 6.45) is -3.01. The quantitative estimate of drug-likeness (QED) is 0.737. The van der Waals surface area contributed by atoms with Crippen molar-refractivity contribution >= 4 is 17.2 Å².